The van der Waals surface area contributed by atoms with Gasteiger partial charge in [0.25, 0.3) is 0 Å². The summed E-state index contributed by atoms with van der Waals surface area (Å²) in [6.07, 6.45) is 7.34. The lowest BCUT2D eigenvalue weighted by atomic mass is 9.93. The zero-order chi connectivity index (χ0) is 13.0. The van der Waals surface area contributed by atoms with Crippen LogP contribution in [-0.4, -0.2) is 17.1 Å². The highest BCUT2D eigenvalue weighted by Crippen LogP contribution is 2.26. The Hall–Kier alpha value is -0.450. The summed E-state index contributed by atoms with van der Waals surface area (Å²) in [7, 11) is 0. The summed E-state index contributed by atoms with van der Waals surface area (Å²) in [6.45, 7) is 5.43. The van der Waals surface area contributed by atoms with E-state index in [9.17, 15) is 0 Å². The molecule has 0 bridgehead atoms. The van der Waals surface area contributed by atoms with Gasteiger partial charge in [0.15, 0.2) is 0 Å². The fourth-order valence-corrected chi connectivity index (χ4v) is 3.39. The Morgan fingerprint density at radius 1 is 1.22 bits per heavy atom. The molecule has 1 heterocycles. The Morgan fingerprint density at radius 2 is 1.89 bits per heavy atom. The van der Waals surface area contributed by atoms with Crippen molar-refractivity contribution in [3.05, 3.63) is 15.6 Å². The molecule has 1 aromatic heterocycles. The highest BCUT2D eigenvalue weighted by Gasteiger charge is 2.26. The number of rotatable bonds is 4. The third-order valence-corrected chi connectivity index (χ3v) is 4.83. The number of nitrogens with two attached hydrogens (primary N) is 1. The minimum Gasteiger partial charge on any atom is -0.372 e. The maximum atomic E-state index is 6.42. The smallest absolute Gasteiger partial charge is 0.119 e. The Morgan fingerprint density at radius 3 is 2.44 bits per heavy atom. The average Bonchev–Trinajstić information content (AvgIpc) is 2.52. The summed E-state index contributed by atoms with van der Waals surface area (Å²) in [5.41, 5.74) is 7.44. The summed E-state index contributed by atoms with van der Waals surface area (Å²) in [6, 6.07) is 0. The van der Waals surface area contributed by atoms with Gasteiger partial charge in [0.05, 0.1) is 18.9 Å². The van der Waals surface area contributed by atoms with Crippen LogP contribution in [0.4, 0.5) is 0 Å². The van der Waals surface area contributed by atoms with Gasteiger partial charge in [-0.15, -0.1) is 11.3 Å². The van der Waals surface area contributed by atoms with E-state index in [1.54, 1.807) is 11.3 Å². The molecule has 1 fully saturated rings. The predicted molar refractivity (Wildman–Crippen MR) is 75.9 cm³/mol. The lowest BCUT2D eigenvalue weighted by Gasteiger charge is -2.27. The maximum Gasteiger partial charge on any atom is 0.119 e. The quantitative estimate of drug-likeness (QED) is 0.852. The number of aromatic nitrogens is 1. The minimum absolute atomic E-state index is 0.0994. The van der Waals surface area contributed by atoms with Crippen LogP contribution in [0.15, 0.2) is 0 Å². The molecule has 102 valence electrons. The first kappa shape index (κ1) is 14.0. The highest BCUT2D eigenvalue weighted by molar-refractivity contribution is 7.11. The van der Waals surface area contributed by atoms with Crippen LogP contribution in [0.5, 0.6) is 0 Å². The third-order valence-electron chi connectivity index (χ3n) is 3.79. The first-order chi connectivity index (χ1) is 8.59. The molecule has 0 unspecified atom stereocenters. The van der Waals surface area contributed by atoms with Gasteiger partial charge >= 0.3 is 0 Å². The van der Waals surface area contributed by atoms with Crippen molar-refractivity contribution in [3.63, 3.8) is 0 Å². The molecule has 2 N–H and O–H groups in total. The van der Waals surface area contributed by atoms with Gasteiger partial charge in [-0.05, 0) is 26.7 Å². The fourth-order valence-electron chi connectivity index (χ4n) is 2.52. The number of nitrogens with zero attached hydrogens (tertiary/aromatic N) is 1. The van der Waals surface area contributed by atoms with E-state index >= 15 is 0 Å². The normalized spacial score (nSPS) is 19.7. The van der Waals surface area contributed by atoms with E-state index in [1.807, 2.05) is 6.92 Å². The van der Waals surface area contributed by atoms with E-state index < -0.39 is 0 Å². The van der Waals surface area contributed by atoms with Crippen molar-refractivity contribution in [2.45, 2.75) is 64.5 Å². The molecule has 0 spiro atoms. The SMILES string of the molecule is Cc1nc(COCC2(N)CCCCCC2)sc1C. The van der Waals surface area contributed by atoms with E-state index in [1.165, 1.54) is 30.6 Å². The molecule has 18 heavy (non-hydrogen) atoms. The second-order valence-corrected chi connectivity index (χ2v) is 6.81. The molecule has 3 nitrogen and oxygen atoms in total. The van der Waals surface area contributed by atoms with Gasteiger partial charge in [0.1, 0.15) is 5.01 Å². The molecule has 0 saturated heterocycles. The number of hydrogen-bond donors (Lipinski definition) is 1. The van der Waals surface area contributed by atoms with Crippen LogP contribution in [0, 0.1) is 13.8 Å². The summed E-state index contributed by atoms with van der Waals surface area (Å²) >= 11 is 1.73. The molecule has 1 aliphatic carbocycles. The molecule has 0 amide bonds. The predicted octanol–water partition coefficient (Wildman–Crippen LogP) is 3.33. The summed E-state index contributed by atoms with van der Waals surface area (Å²) in [5, 5.41) is 1.07. The van der Waals surface area contributed by atoms with E-state index in [4.69, 9.17) is 10.5 Å². The molecule has 4 heteroatoms. The van der Waals surface area contributed by atoms with Crippen LogP contribution in [0.25, 0.3) is 0 Å². The lowest BCUT2D eigenvalue weighted by Crippen LogP contribution is -2.43. The van der Waals surface area contributed by atoms with Crippen molar-refractivity contribution in [1.29, 1.82) is 0 Å². The molecule has 0 aromatic carbocycles. The molecule has 1 aliphatic rings. The molecule has 2 rings (SSSR count). The second-order valence-electron chi connectivity index (χ2n) is 5.52. The first-order valence-corrected chi connectivity index (χ1v) is 7.70. The van der Waals surface area contributed by atoms with Crippen molar-refractivity contribution in [2.24, 2.45) is 5.73 Å². The molecular weight excluding hydrogens is 244 g/mol. The van der Waals surface area contributed by atoms with Crippen molar-refractivity contribution < 1.29 is 4.74 Å². The van der Waals surface area contributed by atoms with Crippen LogP contribution in [0.1, 0.15) is 54.1 Å². The molecule has 0 atom stereocenters. The zero-order valence-corrected chi connectivity index (χ0v) is 12.3. The number of hydrogen-bond acceptors (Lipinski definition) is 4. The average molecular weight is 268 g/mol. The van der Waals surface area contributed by atoms with E-state index in [0.29, 0.717) is 13.2 Å². The number of thiazole rings is 1. The van der Waals surface area contributed by atoms with Crippen LogP contribution < -0.4 is 5.73 Å². The Labute approximate surface area is 114 Å². The first-order valence-electron chi connectivity index (χ1n) is 6.89. The van der Waals surface area contributed by atoms with Crippen molar-refractivity contribution in [2.75, 3.05) is 6.61 Å². The Balaban J connectivity index is 1.80. The van der Waals surface area contributed by atoms with Crippen LogP contribution in [-0.2, 0) is 11.3 Å². The lowest BCUT2D eigenvalue weighted by molar-refractivity contribution is 0.0666. The topological polar surface area (TPSA) is 48.1 Å². The molecular formula is C14H24N2OS. The van der Waals surface area contributed by atoms with Gasteiger partial charge in [0.2, 0.25) is 0 Å². The highest BCUT2D eigenvalue weighted by atomic mass is 32.1. The van der Waals surface area contributed by atoms with Gasteiger partial charge in [-0.2, -0.15) is 0 Å². The second kappa shape index (κ2) is 6.13. The molecule has 0 radical (unpaired) electrons. The van der Waals surface area contributed by atoms with E-state index in [0.717, 1.165) is 23.5 Å². The fraction of sp³-hybridized carbons (Fsp3) is 0.786. The van der Waals surface area contributed by atoms with Crippen molar-refractivity contribution >= 4 is 11.3 Å². The zero-order valence-electron chi connectivity index (χ0n) is 11.5. The standard InChI is InChI=1S/C14H24N2OS/c1-11-12(2)18-13(16-11)9-17-10-14(15)7-5-3-4-6-8-14/h3-10,15H2,1-2H3. The maximum absolute atomic E-state index is 6.42. The summed E-state index contributed by atoms with van der Waals surface area (Å²) in [4.78, 5) is 5.77. The Kier molecular flexibility index (Phi) is 4.76. The van der Waals surface area contributed by atoms with Crippen LogP contribution >= 0.6 is 11.3 Å². The Bertz CT molecular complexity index is 362. The molecule has 1 aromatic rings. The third kappa shape index (κ3) is 3.77. The summed E-state index contributed by atoms with van der Waals surface area (Å²) < 4.78 is 5.81. The van der Waals surface area contributed by atoms with Crippen LogP contribution in [0.3, 0.4) is 0 Å². The van der Waals surface area contributed by atoms with Crippen molar-refractivity contribution in [3.8, 4) is 0 Å². The summed E-state index contributed by atoms with van der Waals surface area (Å²) in [5.74, 6) is 0. The number of ether oxygens (including phenoxy) is 1. The van der Waals surface area contributed by atoms with Crippen LogP contribution in [0.2, 0.25) is 0 Å². The van der Waals surface area contributed by atoms with Crippen molar-refractivity contribution in [1.82, 2.24) is 4.98 Å². The number of aryl methyl sites for hydroxylation is 2. The van der Waals surface area contributed by atoms with E-state index in [-0.39, 0.29) is 5.54 Å². The van der Waals surface area contributed by atoms with Gasteiger partial charge < -0.3 is 10.5 Å². The molecule has 1 saturated carbocycles. The van der Waals surface area contributed by atoms with Gasteiger partial charge in [-0.1, -0.05) is 25.7 Å². The monoisotopic (exact) mass is 268 g/mol. The van der Waals surface area contributed by atoms with Gasteiger partial charge in [-0.3, -0.25) is 0 Å². The molecule has 0 aliphatic heterocycles. The van der Waals surface area contributed by atoms with E-state index in [2.05, 4.69) is 11.9 Å². The van der Waals surface area contributed by atoms with Gasteiger partial charge in [0, 0.05) is 10.4 Å². The minimum atomic E-state index is -0.0994. The largest absolute Gasteiger partial charge is 0.372 e. The van der Waals surface area contributed by atoms with Gasteiger partial charge in [-0.25, -0.2) is 4.98 Å².